The maximum absolute atomic E-state index is 11.8. The number of anilines is 1. The predicted molar refractivity (Wildman–Crippen MR) is 99.3 cm³/mol. The summed E-state index contributed by atoms with van der Waals surface area (Å²) in [6, 6.07) is 9.77. The number of hydrogen-bond acceptors (Lipinski definition) is 4. The molecule has 2 aromatic carbocycles. The molecule has 0 bridgehead atoms. The molecular formula is C15H10Br2ClN3O3. The second-order valence-corrected chi connectivity index (χ2v) is 6.64. The second-order valence-electron chi connectivity index (χ2n) is 4.46. The zero-order valence-corrected chi connectivity index (χ0v) is 15.8. The van der Waals surface area contributed by atoms with Crippen LogP contribution >= 0.6 is 43.5 Å². The Labute approximate surface area is 159 Å². The molecule has 0 atom stereocenters. The number of phenolic OH excluding ortho intramolecular Hbond substituents is 1. The first-order valence-corrected chi connectivity index (χ1v) is 8.42. The maximum atomic E-state index is 11.8. The van der Waals surface area contributed by atoms with Crippen LogP contribution in [0.25, 0.3) is 0 Å². The summed E-state index contributed by atoms with van der Waals surface area (Å²) in [5.74, 6) is -1.93. The summed E-state index contributed by atoms with van der Waals surface area (Å²) in [6.45, 7) is 0. The average molecular weight is 476 g/mol. The van der Waals surface area contributed by atoms with Crippen LogP contribution in [0, 0.1) is 0 Å². The van der Waals surface area contributed by atoms with E-state index in [1.54, 1.807) is 36.4 Å². The Hall–Kier alpha value is -1.90. The fourth-order valence-corrected chi connectivity index (χ4v) is 3.08. The Bertz CT molecular complexity index is 828. The Balaban J connectivity index is 2.00. The van der Waals surface area contributed by atoms with Gasteiger partial charge in [-0.2, -0.15) is 5.10 Å². The van der Waals surface area contributed by atoms with Crippen molar-refractivity contribution >= 4 is 67.2 Å². The highest BCUT2D eigenvalue weighted by Gasteiger charge is 2.14. The molecule has 6 nitrogen and oxygen atoms in total. The van der Waals surface area contributed by atoms with Gasteiger partial charge in [0, 0.05) is 10.0 Å². The molecule has 2 aromatic rings. The van der Waals surface area contributed by atoms with Crippen molar-refractivity contribution in [2.45, 2.75) is 0 Å². The lowest BCUT2D eigenvalue weighted by molar-refractivity contribution is -0.136. The fraction of sp³-hybridized carbons (Fsp3) is 0. The Kier molecular flexibility index (Phi) is 6.36. The number of hydrazone groups is 1. The average Bonchev–Trinajstić information content (AvgIpc) is 2.53. The number of rotatable bonds is 3. The third-order valence-electron chi connectivity index (χ3n) is 2.76. The van der Waals surface area contributed by atoms with Crippen molar-refractivity contribution in [3.8, 4) is 5.75 Å². The molecule has 0 aliphatic carbocycles. The third-order valence-corrected chi connectivity index (χ3v) is 4.15. The van der Waals surface area contributed by atoms with Crippen LogP contribution in [0.2, 0.25) is 5.02 Å². The molecule has 0 radical (unpaired) electrons. The molecule has 2 amide bonds. The normalized spacial score (nSPS) is 10.6. The van der Waals surface area contributed by atoms with E-state index in [9.17, 15) is 14.7 Å². The minimum Gasteiger partial charge on any atom is -0.506 e. The highest BCUT2D eigenvalue weighted by Crippen LogP contribution is 2.30. The first-order chi connectivity index (χ1) is 11.4. The van der Waals surface area contributed by atoms with Crippen molar-refractivity contribution < 1.29 is 14.7 Å². The number of benzene rings is 2. The van der Waals surface area contributed by atoms with E-state index < -0.39 is 11.8 Å². The van der Waals surface area contributed by atoms with Gasteiger partial charge in [0.2, 0.25) is 0 Å². The van der Waals surface area contributed by atoms with Crippen LogP contribution in [0.4, 0.5) is 5.69 Å². The van der Waals surface area contributed by atoms with Gasteiger partial charge in [0.15, 0.2) is 0 Å². The molecule has 0 fully saturated rings. The molecule has 9 heteroatoms. The van der Waals surface area contributed by atoms with Crippen LogP contribution in [-0.2, 0) is 9.59 Å². The largest absolute Gasteiger partial charge is 0.506 e. The highest BCUT2D eigenvalue weighted by atomic mass is 79.9. The van der Waals surface area contributed by atoms with Crippen molar-refractivity contribution in [2.24, 2.45) is 5.10 Å². The van der Waals surface area contributed by atoms with E-state index in [1.165, 1.54) is 6.21 Å². The summed E-state index contributed by atoms with van der Waals surface area (Å²) >= 11 is 12.3. The monoisotopic (exact) mass is 473 g/mol. The molecule has 24 heavy (non-hydrogen) atoms. The van der Waals surface area contributed by atoms with Crippen LogP contribution in [0.15, 0.2) is 50.4 Å². The van der Waals surface area contributed by atoms with Crippen LogP contribution in [0.3, 0.4) is 0 Å². The Morgan fingerprint density at radius 2 is 1.88 bits per heavy atom. The van der Waals surface area contributed by atoms with E-state index in [2.05, 4.69) is 47.7 Å². The number of carbonyl (C=O) groups is 2. The topological polar surface area (TPSA) is 90.8 Å². The van der Waals surface area contributed by atoms with E-state index in [0.29, 0.717) is 25.2 Å². The molecule has 124 valence electrons. The summed E-state index contributed by atoms with van der Waals surface area (Å²) in [5, 5.41) is 16.2. The second kappa shape index (κ2) is 8.27. The van der Waals surface area contributed by atoms with Gasteiger partial charge in [0.05, 0.1) is 21.4 Å². The zero-order chi connectivity index (χ0) is 17.7. The lowest BCUT2D eigenvalue weighted by Gasteiger charge is -2.05. The molecule has 0 unspecified atom stereocenters. The summed E-state index contributed by atoms with van der Waals surface area (Å²) in [6.07, 6.45) is 1.21. The van der Waals surface area contributed by atoms with Crippen LogP contribution in [-0.4, -0.2) is 23.1 Å². The molecule has 0 saturated carbocycles. The van der Waals surface area contributed by atoms with Crippen LogP contribution in [0.1, 0.15) is 5.56 Å². The lowest BCUT2D eigenvalue weighted by atomic mass is 10.2. The van der Waals surface area contributed by atoms with E-state index in [4.69, 9.17) is 11.6 Å². The minimum absolute atomic E-state index is 0.0447. The number of para-hydroxylation sites is 1. The van der Waals surface area contributed by atoms with E-state index in [0.717, 1.165) is 0 Å². The van der Waals surface area contributed by atoms with Crippen LogP contribution < -0.4 is 10.7 Å². The SMILES string of the molecule is O=C(NN=Cc1cc(Br)cc(Br)c1O)C(=O)Nc1ccccc1Cl. The maximum Gasteiger partial charge on any atom is 0.329 e. The van der Waals surface area contributed by atoms with Crippen LogP contribution in [0.5, 0.6) is 5.75 Å². The summed E-state index contributed by atoms with van der Waals surface area (Å²) in [7, 11) is 0. The first-order valence-electron chi connectivity index (χ1n) is 6.45. The minimum atomic E-state index is -0.972. The van der Waals surface area contributed by atoms with Gasteiger partial charge in [-0.05, 0) is 40.2 Å². The zero-order valence-electron chi connectivity index (χ0n) is 11.9. The third kappa shape index (κ3) is 4.80. The van der Waals surface area contributed by atoms with Crippen molar-refractivity contribution in [1.82, 2.24) is 5.43 Å². The molecule has 3 N–H and O–H groups in total. The van der Waals surface area contributed by atoms with E-state index >= 15 is 0 Å². The molecule has 0 aliphatic heterocycles. The molecule has 2 rings (SSSR count). The van der Waals surface area contributed by atoms with Gasteiger partial charge in [-0.25, -0.2) is 5.43 Å². The molecular weight excluding hydrogens is 465 g/mol. The number of hydrogen-bond donors (Lipinski definition) is 3. The Morgan fingerprint density at radius 1 is 1.17 bits per heavy atom. The van der Waals surface area contributed by atoms with Crippen molar-refractivity contribution in [3.05, 3.63) is 55.9 Å². The number of amides is 2. The predicted octanol–water partition coefficient (Wildman–Crippen LogP) is 3.66. The van der Waals surface area contributed by atoms with Gasteiger partial charge >= 0.3 is 11.8 Å². The van der Waals surface area contributed by atoms with Gasteiger partial charge in [0.25, 0.3) is 0 Å². The van der Waals surface area contributed by atoms with E-state index in [-0.39, 0.29) is 5.75 Å². The molecule has 0 spiro atoms. The Morgan fingerprint density at radius 3 is 2.58 bits per heavy atom. The molecule has 0 aromatic heterocycles. The first kappa shape index (κ1) is 18.4. The highest BCUT2D eigenvalue weighted by molar-refractivity contribution is 9.11. The number of aromatic hydroxyl groups is 1. The number of nitrogens with one attached hydrogen (secondary N) is 2. The number of halogens is 3. The molecule has 0 saturated heterocycles. The fourth-order valence-electron chi connectivity index (χ4n) is 1.64. The number of nitrogens with zero attached hydrogens (tertiary/aromatic N) is 1. The number of phenols is 1. The van der Waals surface area contributed by atoms with E-state index in [1.807, 2.05) is 0 Å². The summed E-state index contributed by atoms with van der Waals surface area (Å²) < 4.78 is 1.16. The van der Waals surface area contributed by atoms with Gasteiger partial charge in [-0.1, -0.05) is 39.7 Å². The smallest absolute Gasteiger partial charge is 0.329 e. The van der Waals surface area contributed by atoms with Crippen molar-refractivity contribution in [3.63, 3.8) is 0 Å². The van der Waals surface area contributed by atoms with Gasteiger partial charge < -0.3 is 10.4 Å². The molecule has 0 heterocycles. The number of carbonyl (C=O) groups excluding carboxylic acids is 2. The summed E-state index contributed by atoms with van der Waals surface area (Å²) in [5.41, 5.74) is 2.74. The van der Waals surface area contributed by atoms with Crippen molar-refractivity contribution in [1.29, 1.82) is 0 Å². The van der Waals surface area contributed by atoms with Crippen molar-refractivity contribution in [2.75, 3.05) is 5.32 Å². The standard InChI is InChI=1S/C15H10Br2ClN3O3/c16-9-5-8(13(22)10(17)6-9)7-19-21-15(24)14(23)20-12-4-2-1-3-11(12)18/h1-7,22H,(H,20,23)(H,21,24). The van der Waals surface area contributed by atoms with Gasteiger partial charge in [0.1, 0.15) is 5.75 Å². The van der Waals surface area contributed by atoms with Gasteiger partial charge in [-0.3, -0.25) is 9.59 Å². The van der Waals surface area contributed by atoms with Gasteiger partial charge in [-0.15, -0.1) is 0 Å². The molecule has 0 aliphatic rings. The quantitative estimate of drug-likeness (QED) is 0.360. The lowest BCUT2D eigenvalue weighted by Crippen LogP contribution is -2.32. The summed E-state index contributed by atoms with van der Waals surface area (Å²) in [4.78, 5) is 23.5.